The first-order valence-electron chi connectivity index (χ1n) is 9.32. The summed E-state index contributed by atoms with van der Waals surface area (Å²) in [7, 11) is 0. The van der Waals surface area contributed by atoms with Gasteiger partial charge in [0.1, 0.15) is 0 Å². The number of amides is 1. The van der Waals surface area contributed by atoms with E-state index in [9.17, 15) is 4.79 Å². The molecule has 0 spiro atoms. The van der Waals surface area contributed by atoms with E-state index in [4.69, 9.17) is 4.52 Å². The lowest BCUT2D eigenvalue weighted by molar-refractivity contribution is 0.0951. The van der Waals surface area contributed by atoms with Crippen molar-refractivity contribution in [3.05, 3.63) is 41.6 Å². The first-order chi connectivity index (χ1) is 13.2. The quantitative estimate of drug-likeness (QED) is 0.722. The van der Waals surface area contributed by atoms with Crippen LogP contribution in [-0.4, -0.2) is 37.4 Å². The van der Waals surface area contributed by atoms with Crippen LogP contribution >= 0.6 is 0 Å². The van der Waals surface area contributed by atoms with E-state index in [1.165, 1.54) is 12.8 Å². The normalized spacial score (nSPS) is 16.5. The maximum atomic E-state index is 12.4. The number of hydrogen-bond acceptors (Lipinski definition) is 6. The minimum atomic E-state index is -0.0900. The van der Waals surface area contributed by atoms with Crippen molar-refractivity contribution < 1.29 is 9.32 Å². The molecule has 0 radical (unpaired) electrons. The fourth-order valence-electron chi connectivity index (χ4n) is 3.04. The van der Waals surface area contributed by atoms with Crippen LogP contribution in [0.5, 0.6) is 0 Å². The van der Waals surface area contributed by atoms with Crippen LogP contribution in [-0.2, 0) is 0 Å². The molecule has 2 aliphatic carbocycles. The molecule has 3 aromatic heterocycles. The van der Waals surface area contributed by atoms with Gasteiger partial charge in [-0.3, -0.25) is 4.79 Å². The van der Waals surface area contributed by atoms with Crippen molar-refractivity contribution in [1.29, 1.82) is 0 Å². The van der Waals surface area contributed by atoms with Gasteiger partial charge in [-0.2, -0.15) is 10.1 Å². The van der Waals surface area contributed by atoms with Crippen LogP contribution in [0.1, 0.15) is 53.5 Å². The van der Waals surface area contributed by atoms with Gasteiger partial charge in [-0.25, -0.2) is 9.67 Å². The topological polar surface area (TPSA) is 98.7 Å². The number of nitrogens with zero attached hydrogens (tertiary/aromatic N) is 5. The van der Waals surface area contributed by atoms with Gasteiger partial charge < -0.3 is 9.84 Å². The number of carbonyl (C=O) groups is 1. The lowest BCUT2D eigenvalue weighted by Crippen LogP contribution is -2.25. The average Bonchev–Trinajstić information content (AvgIpc) is 3.61. The molecule has 2 fully saturated rings. The Bertz CT molecular complexity index is 999. The van der Waals surface area contributed by atoms with Crippen molar-refractivity contribution in [1.82, 2.24) is 30.2 Å². The van der Waals surface area contributed by atoms with Crippen molar-refractivity contribution in [2.45, 2.75) is 38.5 Å². The zero-order chi connectivity index (χ0) is 18.4. The number of hydrogen-bond donors (Lipinski definition) is 1. The van der Waals surface area contributed by atoms with Crippen LogP contribution in [0, 0.1) is 12.8 Å². The Morgan fingerprint density at radius 3 is 2.96 bits per heavy atom. The molecule has 1 amide bonds. The molecule has 0 unspecified atom stereocenters. The Labute approximate surface area is 156 Å². The molecule has 2 saturated carbocycles. The Kier molecular flexibility index (Phi) is 3.77. The minimum Gasteiger partial charge on any atom is -0.352 e. The summed E-state index contributed by atoms with van der Waals surface area (Å²) in [5.41, 5.74) is 2.10. The van der Waals surface area contributed by atoms with E-state index in [0.29, 0.717) is 29.1 Å². The monoisotopic (exact) mass is 364 g/mol. The highest BCUT2D eigenvalue weighted by molar-refractivity contribution is 5.95. The summed E-state index contributed by atoms with van der Waals surface area (Å²) in [4.78, 5) is 21.3. The van der Waals surface area contributed by atoms with Crippen LogP contribution in [0.3, 0.4) is 0 Å². The summed E-state index contributed by atoms with van der Waals surface area (Å²) < 4.78 is 7.05. The number of pyridine rings is 1. The Morgan fingerprint density at radius 2 is 2.19 bits per heavy atom. The molecule has 3 heterocycles. The van der Waals surface area contributed by atoms with Crippen molar-refractivity contribution in [2.24, 2.45) is 5.92 Å². The minimum absolute atomic E-state index is 0.0900. The number of rotatable bonds is 6. The van der Waals surface area contributed by atoms with Crippen LogP contribution < -0.4 is 5.32 Å². The molecule has 3 aromatic rings. The number of nitrogens with one attached hydrogen (secondary N) is 1. The van der Waals surface area contributed by atoms with E-state index < -0.39 is 0 Å². The molecular formula is C19H20N6O2. The fourth-order valence-corrected chi connectivity index (χ4v) is 3.04. The van der Waals surface area contributed by atoms with E-state index in [-0.39, 0.29) is 5.91 Å². The van der Waals surface area contributed by atoms with E-state index in [0.717, 1.165) is 36.5 Å². The van der Waals surface area contributed by atoms with Gasteiger partial charge >= 0.3 is 0 Å². The van der Waals surface area contributed by atoms with Crippen LogP contribution in [0.2, 0.25) is 0 Å². The predicted molar refractivity (Wildman–Crippen MR) is 96.4 cm³/mol. The molecule has 138 valence electrons. The zero-order valence-electron chi connectivity index (χ0n) is 15.1. The lowest BCUT2D eigenvalue weighted by Gasteiger charge is -2.06. The number of aromatic nitrogens is 5. The van der Waals surface area contributed by atoms with Crippen LogP contribution in [0.4, 0.5) is 0 Å². The van der Waals surface area contributed by atoms with Gasteiger partial charge in [0.25, 0.3) is 11.8 Å². The van der Waals surface area contributed by atoms with Crippen molar-refractivity contribution in [3.8, 4) is 17.3 Å². The zero-order valence-corrected chi connectivity index (χ0v) is 15.1. The average molecular weight is 364 g/mol. The Morgan fingerprint density at radius 1 is 1.33 bits per heavy atom. The summed E-state index contributed by atoms with van der Waals surface area (Å²) >= 11 is 0. The summed E-state index contributed by atoms with van der Waals surface area (Å²) in [6.07, 6.45) is 7.92. The van der Waals surface area contributed by atoms with Crippen molar-refractivity contribution >= 4 is 5.91 Å². The first-order valence-corrected chi connectivity index (χ1v) is 9.32. The summed E-state index contributed by atoms with van der Waals surface area (Å²) in [5, 5.41) is 11.4. The summed E-state index contributed by atoms with van der Waals surface area (Å²) in [5.74, 6) is 2.85. The molecule has 8 nitrogen and oxygen atoms in total. The lowest BCUT2D eigenvalue weighted by atomic mass is 10.2. The van der Waals surface area contributed by atoms with Crippen LogP contribution in [0.15, 0.2) is 29.0 Å². The highest BCUT2D eigenvalue weighted by atomic mass is 16.5. The van der Waals surface area contributed by atoms with Crippen molar-refractivity contribution in [3.63, 3.8) is 0 Å². The molecule has 2 aliphatic rings. The molecule has 0 aliphatic heterocycles. The molecule has 1 N–H and O–H groups in total. The summed E-state index contributed by atoms with van der Waals surface area (Å²) in [6, 6.07) is 3.67. The molecule has 27 heavy (non-hydrogen) atoms. The fraction of sp³-hybridized carbons (Fsp3) is 0.421. The third-order valence-corrected chi connectivity index (χ3v) is 5.10. The molecule has 0 atom stereocenters. The summed E-state index contributed by atoms with van der Waals surface area (Å²) in [6.45, 7) is 2.60. The predicted octanol–water partition coefficient (Wildman–Crippen LogP) is 2.64. The third-order valence-electron chi connectivity index (χ3n) is 5.10. The van der Waals surface area contributed by atoms with Gasteiger partial charge in [0, 0.05) is 24.2 Å². The highest BCUT2D eigenvalue weighted by Crippen LogP contribution is 2.38. The molecule has 0 aromatic carbocycles. The molecule has 5 rings (SSSR count). The largest absolute Gasteiger partial charge is 0.352 e. The van der Waals surface area contributed by atoms with E-state index in [1.54, 1.807) is 17.1 Å². The van der Waals surface area contributed by atoms with Gasteiger partial charge in [0.2, 0.25) is 0 Å². The molecular weight excluding hydrogens is 344 g/mol. The highest BCUT2D eigenvalue weighted by Gasteiger charge is 2.29. The molecule has 0 bridgehead atoms. The molecule has 8 heteroatoms. The van der Waals surface area contributed by atoms with E-state index in [1.807, 2.05) is 19.1 Å². The maximum Gasteiger partial charge on any atom is 0.258 e. The van der Waals surface area contributed by atoms with E-state index in [2.05, 4.69) is 25.5 Å². The second-order valence-electron chi connectivity index (χ2n) is 7.34. The van der Waals surface area contributed by atoms with Gasteiger partial charge in [-0.05, 0) is 50.7 Å². The Hall–Kier alpha value is -3.03. The number of carbonyl (C=O) groups excluding carboxylic acids is 1. The van der Waals surface area contributed by atoms with Crippen LogP contribution in [0.25, 0.3) is 17.3 Å². The standard InChI is InChI=1S/C19H20N6O2/c1-11-15(18(26)21-9-12-2-3-12)10-22-25(11)16-8-14(6-7-20-16)19-23-17(24-27-19)13-4-5-13/h6-8,10,12-13H,2-5,9H2,1H3,(H,21,26). The van der Waals surface area contributed by atoms with Gasteiger partial charge in [0.15, 0.2) is 11.6 Å². The van der Waals surface area contributed by atoms with Gasteiger partial charge in [0.05, 0.1) is 17.5 Å². The Balaban J connectivity index is 1.40. The van der Waals surface area contributed by atoms with Gasteiger partial charge in [-0.15, -0.1) is 0 Å². The smallest absolute Gasteiger partial charge is 0.258 e. The third kappa shape index (κ3) is 3.22. The first kappa shape index (κ1) is 16.2. The SMILES string of the molecule is Cc1c(C(=O)NCC2CC2)cnn1-c1cc(-c2nc(C3CC3)no2)ccn1. The second kappa shape index (κ2) is 6.29. The molecule has 0 saturated heterocycles. The van der Waals surface area contributed by atoms with Crippen molar-refractivity contribution in [2.75, 3.05) is 6.54 Å². The van der Waals surface area contributed by atoms with E-state index >= 15 is 0 Å². The second-order valence-corrected chi connectivity index (χ2v) is 7.34. The maximum absolute atomic E-state index is 12.4. The van der Waals surface area contributed by atoms with Gasteiger partial charge in [-0.1, -0.05) is 5.16 Å².